The van der Waals surface area contributed by atoms with E-state index in [0.717, 1.165) is 13.0 Å². The summed E-state index contributed by atoms with van der Waals surface area (Å²) in [5, 5.41) is 4.32. The van der Waals surface area contributed by atoms with Gasteiger partial charge in [0.15, 0.2) is 0 Å². The Hall–Kier alpha value is -0.240. The van der Waals surface area contributed by atoms with Gasteiger partial charge in [-0.3, -0.25) is 0 Å². The Bertz CT molecular complexity index is 261. The molecule has 0 saturated heterocycles. The fourth-order valence-corrected chi connectivity index (χ4v) is 1.29. The summed E-state index contributed by atoms with van der Waals surface area (Å²) < 4.78 is 0. The lowest BCUT2D eigenvalue weighted by molar-refractivity contribution is 0.792. The molecule has 0 heterocycles. The van der Waals surface area contributed by atoms with Crippen molar-refractivity contribution in [3.63, 3.8) is 0 Å². The lowest BCUT2D eigenvalue weighted by Crippen LogP contribution is -2.10. The zero-order valence-corrected chi connectivity index (χ0v) is 8.41. The first-order chi connectivity index (χ1) is 5.74. The van der Waals surface area contributed by atoms with Crippen molar-refractivity contribution in [1.82, 2.24) is 5.32 Å². The Balaban J connectivity index is 2.69. The SMILES string of the molecule is CNCCc1ccc(Cl)c(Cl)c1. The second kappa shape index (κ2) is 4.70. The highest BCUT2D eigenvalue weighted by atomic mass is 35.5. The summed E-state index contributed by atoms with van der Waals surface area (Å²) in [7, 11) is 1.93. The van der Waals surface area contributed by atoms with Gasteiger partial charge in [0.2, 0.25) is 0 Å². The van der Waals surface area contributed by atoms with Crippen LogP contribution in [0.1, 0.15) is 5.56 Å². The lowest BCUT2D eigenvalue weighted by Gasteiger charge is -2.01. The van der Waals surface area contributed by atoms with Crippen LogP contribution in [0.5, 0.6) is 0 Å². The highest BCUT2D eigenvalue weighted by molar-refractivity contribution is 6.42. The second-order valence-corrected chi connectivity index (χ2v) is 3.42. The van der Waals surface area contributed by atoms with Crippen molar-refractivity contribution in [2.45, 2.75) is 6.42 Å². The Morgan fingerprint density at radius 1 is 1.25 bits per heavy atom. The molecule has 0 fully saturated rings. The van der Waals surface area contributed by atoms with Gasteiger partial charge in [-0.25, -0.2) is 0 Å². The van der Waals surface area contributed by atoms with Crippen LogP contribution >= 0.6 is 23.2 Å². The normalized spacial score (nSPS) is 10.2. The van der Waals surface area contributed by atoms with E-state index in [4.69, 9.17) is 23.2 Å². The van der Waals surface area contributed by atoms with Crippen molar-refractivity contribution in [1.29, 1.82) is 0 Å². The van der Waals surface area contributed by atoms with Gasteiger partial charge in [0.25, 0.3) is 0 Å². The van der Waals surface area contributed by atoms with Crippen LogP contribution in [0.25, 0.3) is 0 Å². The number of nitrogens with one attached hydrogen (secondary N) is 1. The Morgan fingerprint density at radius 2 is 2.00 bits per heavy atom. The minimum Gasteiger partial charge on any atom is -0.319 e. The van der Waals surface area contributed by atoms with E-state index in [9.17, 15) is 0 Å². The van der Waals surface area contributed by atoms with Gasteiger partial charge in [0, 0.05) is 0 Å². The molecule has 0 unspecified atom stereocenters. The maximum Gasteiger partial charge on any atom is 0.0595 e. The van der Waals surface area contributed by atoms with Crippen LogP contribution in [-0.2, 0) is 6.42 Å². The number of benzene rings is 1. The number of halogens is 2. The summed E-state index contributed by atoms with van der Waals surface area (Å²) in [4.78, 5) is 0. The van der Waals surface area contributed by atoms with Gasteiger partial charge in [-0.15, -0.1) is 0 Å². The molecule has 1 aromatic carbocycles. The molecule has 66 valence electrons. The van der Waals surface area contributed by atoms with Crippen molar-refractivity contribution in [2.75, 3.05) is 13.6 Å². The molecular weight excluding hydrogens is 193 g/mol. The molecule has 0 aliphatic rings. The van der Waals surface area contributed by atoms with Crippen molar-refractivity contribution >= 4 is 23.2 Å². The standard InChI is InChI=1S/C9H11Cl2N/c1-12-5-4-7-2-3-8(10)9(11)6-7/h2-3,6,12H,4-5H2,1H3. The van der Waals surface area contributed by atoms with E-state index in [2.05, 4.69) is 5.32 Å². The average molecular weight is 204 g/mol. The first kappa shape index (κ1) is 9.85. The predicted molar refractivity (Wildman–Crippen MR) is 54.1 cm³/mol. The summed E-state index contributed by atoms with van der Waals surface area (Å²) in [5.74, 6) is 0. The molecule has 1 N–H and O–H groups in total. The molecule has 12 heavy (non-hydrogen) atoms. The molecule has 0 bridgehead atoms. The van der Waals surface area contributed by atoms with E-state index in [-0.39, 0.29) is 0 Å². The van der Waals surface area contributed by atoms with Gasteiger partial charge in [-0.1, -0.05) is 29.3 Å². The van der Waals surface area contributed by atoms with E-state index in [0.29, 0.717) is 10.0 Å². The third-order valence-corrected chi connectivity index (χ3v) is 2.39. The van der Waals surface area contributed by atoms with E-state index >= 15 is 0 Å². The minimum atomic E-state index is 0.616. The van der Waals surface area contributed by atoms with Gasteiger partial charge in [-0.2, -0.15) is 0 Å². The van der Waals surface area contributed by atoms with Crippen LogP contribution in [0.4, 0.5) is 0 Å². The number of rotatable bonds is 3. The zero-order valence-electron chi connectivity index (χ0n) is 6.90. The van der Waals surface area contributed by atoms with Crippen LogP contribution in [0.3, 0.4) is 0 Å². The summed E-state index contributed by atoms with van der Waals surface area (Å²) >= 11 is 11.6. The monoisotopic (exact) mass is 203 g/mol. The molecule has 0 saturated carbocycles. The molecule has 0 atom stereocenters. The van der Waals surface area contributed by atoms with Crippen LogP contribution in [0.2, 0.25) is 10.0 Å². The van der Waals surface area contributed by atoms with Gasteiger partial charge in [-0.05, 0) is 37.7 Å². The second-order valence-electron chi connectivity index (χ2n) is 2.60. The quantitative estimate of drug-likeness (QED) is 0.798. The van der Waals surface area contributed by atoms with Gasteiger partial charge in [0.05, 0.1) is 10.0 Å². The first-order valence-corrected chi connectivity index (χ1v) is 4.58. The van der Waals surface area contributed by atoms with Crippen LogP contribution in [0.15, 0.2) is 18.2 Å². The Kier molecular flexibility index (Phi) is 3.86. The van der Waals surface area contributed by atoms with Crippen molar-refractivity contribution in [2.24, 2.45) is 0 Å². The topological polar surface area (TPSA) is 12.0 Å². The summed E-state index contributed by atoms with van der Waals surface area (Å²) in [6, 6.07) is 5.72. The van der Waals surface area contributed by atoms with Gasteiger partial charge < -0.3 is 5.32 Å². The third-order valence-electron chi connectivity index (χ3n) is 1.65. The zero-order chi connectivity index (χ0) is 8.97. The fraction of sp³-hybridized carbons (Fsp3) is 0.333. The van der Waals surface area contributed by atoms with Crippen LogP contribution < -0.4 is 5.32 Å². The van der Waals surface area contributed by atoms with Gasteiger partial charge in [0.1, 0.15) is 0 Å². The van der Waals surface area contributed by atoms with Crippen LogP contribution in [-0.4, -0.2) is 13.6 Å². The number of hydrogen-bond acceptors (Lipinski definition) is 1. The molecule has 0 amide bonds. The number of hydrogen-bond donors (Lipinski definition) is 1. The van der Waals surface area contributed by atoms with E-state index in [1.807, 2.05) is 25.2 Å². The molecule has 0 spiro atoms. The smallest absolute Gasteiger partial charge is 0.0595 e. The molecule has 0 aliphatic carbocycles. The third kappa shape index (κ3) is 2.67. The highest BCUT2D eigenvalue weighted by Gasteiger charge is 1.98. The molecule has 0 radical (unpaired) electrons. The minimum absolute atomic E-state index is 0.616. The largest absolute Gasteiger partial charge is 0.319 e. The summed E-state index contributed by atoms with van der Waals surface area (Å²) in [5.41, 5.74) is 1.21. The van der Waals surface area contributed by atoms with E-state index < -0.39 is 0 Å². The molecule has 0 aliphatic heterocycles. The predicted octanol–water partition coefficient (Wildman–Crippen LogP) is 2.76. The summed E-state index contributed by atoms with van der Waals surface area (Å²) in [6.07, 6.45) is 0.980. The Morgan fingerprint density at radius 3 is 2.58 bits per heavy atom. The Labute approximate surface area is 82.7 Å². The first-order valence-electron chi connectivity index (χ1n) is 3.82. The number of likely N-dealkylation sites (N-methyl/N-ethyl adjacent to an activating group) is 1. The van der Waals surface area contributed by atoms with Crippen molar-refractivity contribution in [3.8, 4) is 0 Å². The average Bonchev–Trinajstić information content (AvgIpc) is 2.07. The maximum atomic E-state index is 5.84. The maximum absolute atomic E-state index is 5.84. The van der Waals surface area contributed by atoms with Crippen LogP contribution in [0, 0.1) is 0 Å². The molecule has 1 nitrogen and oxygen atoms in total. The van der Waals surface area contributed by atoms with Gasteiger partial charge >= 0.3 is 0 Å². The molecule has 0 aromatic heterocycles. The molecule has 1 rings (SSSR count). The molecular formula is C9H11Cl2N. The van der Waals surface area contributed by atoms with Crippen molar-refractivity contribution < 1.29 is 0 Å². The van der Waals surface area contributed by atoms with Crippen molar-refractivity contribution in [3.05, 3.63) is 33.8 Å². The van der Waals surface area contributed by atoms with E-state index in [1.54, 1.807) is 0 Å². The lowest BCUT2D eigenvalue weighted by atomic mass is 10.1. The fourth-order valence-electron chi connectivity index (χ4n) is 0.964. The van der Waals surface area contributed by atoms with E-state index in [1.165, 1.54) is 5.56 Å². The molecule has 1 aromatic rings. The summed E-state index contributed by atoms with van der Waals surface area (Å²) in [6.45, 7) is 0.956. The molecule has 3 heteroatoms. The highest BCUT2D eigenvalue weighted by Crippen LogP contribution is 2.22.